The van der Waals surface area contributed by atoms with Crippen LogP contribution in [0.5, 0.6) is 0 Å². The van der Waals surface area contributed by atoms with Crippen LogP contribution >= 0.6 is 0 Å². The van der Waals surface area contributed by atoms with Crippen LogP contribution in [-0.2, 0) is 24.3 Å². The van der Waals surface area contributed by atoms with Gasteiger partial charge in [-0.05, 0) is 49.2 Å². The van der Waals surface area contributed by atoms with E-state index in [0.717, 1.165) is 23.3 Å². The fourth-order valence-corrected chi connectivity index (χ4v) is 3.48. The van der Waals surface area contributed by atoms with Gasteiger partial charge in [0.25, 0.3) is 11.6 Å². The predicted octanol–water partition coefficient (Wildman–Crippen LogP) is 1.71. The minimum Gasteiger partial charge on any atom is -0.455 e. The largest absolute Gasteiger partial charge is 0.455 e. The topological polar surface area (TPSA) is 157 Å². The molecule has 12 heteroatoms. The number of carbonyl (C=O) groups excluding carboxylic acids is 2. The van der Waals surface area contributed by atoms with E-state index in [-0.39, 0.29) is 5.69 Å². The molecule has 3 N–H and O–H groups in total. The molecule has 2 aromatic carbocycles. The zero-order chi connectivity index (χ0) is 23.2. The summed E-state index contributed by atoms with van der Waals surface area (Å²) in [6.45, 7) is 2.46. The quantitative estimate of drug-likeness (QED) is 0.296. The number of nitro benzene ring substituents is 1. The van der Waals surface area contributed by atoms with E-state index in [0.29, 0.717) is 5.69 Å². The molecule has 2 aromatic rings. The third-order valence-corrected chi connectivity index (χ3v) is 5.71. The third-order valence-electron chi connectivity index (χ3n) is 4.31. The van der Waals surface area contributed by atoms with Crippen molar-refractivity contribution in [2.75, 3.05) is 30.8 Å². The van der Waals surface area contributed by atoms with E-state index >= 15 is 0 Å². The second-order valence-corrected chi connectivity index (χ2v) is 8.29. The Bertz CT molecular complexity index is 1120. The van der Waals surface area contributed by atoms with Crippen LogP contribution < -0.4 is 15.4 Å². The highest BCUT2D eigenvalue weighted by atomic mass is 32.2. The number of hydrogen-bond acceptors (Lipinski definition) is 8. The molecule has 31 heavy (non-hydrogen) atoms. The lowest BCUT2D eigenvalue weighted by Gasteiger charge is -2.10. The highest BCUT2D eigenvalue weighted by Crippen LogP contribution is 2.26. The van der Waals surface area contributed by atoms with E-state index in [1.54, 1.807) is 12.1 Å². The van der Waals surface area contributed by atoms with E-state index in [4.69, 9.17) is 4.74 Å². The number of amides is 1. The number of anilines is 2. The highest BCUT2D eigenvalue weighted by Gasteiger charge is 2.22. The van der Waals surface area contributed by atoms with Crippen molar-refractivity contribution in [3.63, 3.8) is 0 Å². The first-order valence-electron chi connectivity index (χ1n) is 9.02. The Morgan fingerprint density at radius 2 is 1.81 bits per heavy atom. The number of aryl methyl sites for hydroxylation is 2. The molecule has 2 rings (SSSR count). The van der Waals surface area contributed by atoms with Gasteiger partial charge in [-0.3, -0.25) is 19.7 Å². The van der Waals surface area contributed by atoms with Gasteiger partial charge in [0, 0.05) is 18.8 Å². The van der Waals surface area contributed by atoms with E-state index < -0.39 is 50.6 Å². The van der Waals surface area contributed by atoms with Gasteiger partial charge in [0.05, 0.1) is 9.82 Å². The van der Waals surface area contributed by atoms with Crippen molar-refractivity contribution in [1.29, 1.82) is 0 Å². The maximum Gasteiger partial charge on any atom is 0.321 e. The first-order valence-corrected chi connectivity index (χ1v) is 10.5. The van der Waals surface area contributed by atoms with Crippen LogP contribution in [0.4, 0.5) is 17.1 Å². The molecule has 0 unspecified atom stereocenters. The van der Waals surface area contributed by atoms with Crippen LogP contribution in [0.15, 0.2) is 41.3 Å². The SMILES string of the molecule is CNc1ccc(S(=O)(=O)NCC(=O)OCC(=O)Nc2ccc(C)c(C)c2)cc1[N+](=O)[O-]. The number of sulfonamides is 1. The molecular weight excluding hydrogens is 428 g/mol. The van der Waals surface area contributed by atoms with Crippen LogP contribution in [0.25, 0.3) is 0 Å². The van der Waals surface area contributed by atoms with Gasteiger partial charge in [-0.2, -0.15) is 4.72 Å². The Labute approximate surface area is 179 Å². The van der Waals surface area contributed by atoms with Crippen LogP contribution in [0.1, 0.15) is 11.1 Å². The highest BCUT2D eigenvalue weighted by molar-refractivity contribution is 7.89. The Morgan fingerprint density at radius 1 is 1.10 bits per heavy atom. The van der Waals surface area contributed by atoms with Crippen molar-refractivity contribution >= 4 is 39.0 Å². The molecule has 11 nitrogen and oxygen atoms in total. The number of nitrogens with one attached hydrogen (secondary N) is 3. The van der Waals surface area contributed by atoms with Crippen molar-refractivity contribution in [3.8, 4) is 0 Å². The summed E-state index contributed by atoms with van der Waals surface area (Å²) in [6.07, 6.45) is 0. The van der Waals surface area contributed by atoms with Crippen molar-refractivity contribution in [1.82, 2.24) is 4.72 Å². The molecule has 0 aliphatic rings. The van der Waals surface area contributed by atoms with Crippen LogP contribution in [-0.4, -0.2) is 45.4 Å². The number of nitrogens with zero attached hydrogens (tertiary/aromatic N) is 1. The monoisotopic (exact) mass is 450 g/mol. The number of hydrogen-bond donors (Lipinski definition) is 3. The molecule has 0 aromatic heterocycles. The van der Waals surface area contributed by atoms with Gasteiger partial charge >= 0.3 is 5.97 Å². The zero-order valence-corrected chi connectivity index (χ0v) is 17.9. The normalized spacial score (nSPS) is 10.9. The molecule has 0 aliphatic carbocycles. The molecule has 0 aliphatic heterocycles. The molecule has 0 heterocycles. The first-order chi connectivity index (χ1) is 14.5. The average molecular weight is 450 g/mol. The summed E-state index contributed by atoms with van der Waals surface area (Å²) >= 11 is 0. The summed E-state index contributed by atoms with van der Waals surface area (Å²) in [5, 5.41) is 16.2. The molecule has 0 radical (unpaired) electrons. The molecule has 1 amide bonds. The van der Waals surface area contributed by atoms with Crippen molar-refractivity contribution in [2.24, 2.45) is 0 Å². The molecule has 0 fully saturated rings. The van der Waals surface area contributed by atoms with E-state index in [1.165, 1.54) is 13.1 Å². The Balaban J connectivity index is 1.91. The Morgan fingerprint density at radius 3 is 2.42 bits per heavy atom. The van der Waals surface area contributed by atoms with Gasteiger partial charge < -0.3 is 15.4 Å². The molecule has 0 saturated carbocycles. The van der Waals surface area contributed by atoms with Gasteiger partial charge in [-0.25, -0.2) is 8.42 Å². The predicted molar refractivity (Wildman–Crippen MR) is 113 cm³/mol. The summed E-state index contributed by atoms with van der Waals surface area (Å²) in [5.74, 6) is -1.57. The molecule has 0 atom stereocenters. The number of esters is 1. The fourth-order valence-electron chi connectivity index (χ4n) is 2.49. The van der Waals surface area contributed by atoms with Gasteiger partial charge in [-0.1, -0.05) is 6.07 Å². The minimum absolute atomic E-state index is 0.137. The zero-order valence-electron chi connectivity index (χ0n) is 17.1. The van der Waals surface area contributed by atoms with Gasteiger partial charge in [0.2, 0.25) is 10.0 Å². The number of benzene rings is 2. The summed E-state index contributed by atoms with van der Waals surface area (Å²) in [7, 11) is -2.76. The number of rotatable bonds is 9. The van der Waals surface area contributed by atoms with E-state index in [2.05, 4.69) is 10.6 Å². The third kappa shape index (κ3) is 6.49. The van der Waals surface area contributed by atoms with E-state index in [9.17, 15) is 28.1 Å². The Hall–Kier alpha value is -3.51. The summed E-state index contributed by atoms with van der Waals surface area (Å²) in [6, 6.07) is 8.57. The lowest BCUT2D eigenvalue weighted by Crippen LogP contribution is -2.32. The standard InChI is InChI=1S/C19H22N4O7S/c1-12-4-5-14(8-13(12)2)22-18(24)11-30-19(25)10-21-31(28,29)15-6-7-16(20-3)17(9-15)23(26)27/h4-9,20-21H,10-11H2,1-3H3,(H,22,24). The maximum atomic E-state index is 12.3. The summed E-state index contributed by atoms with van der Waals surface area (Å²) in [5.41, 5.74) is 2.28. The van der Waals surface area contributed by atoms with Crippen molar-refractivity contribution in [3.05, 3.63) is 57.6 Å². The second-order valence-electron chi connectivity index (χ2n) is 6.52. The van der Waals surface area contributed by atoms with Gasteiger partial charge in [0.15, 0.2) is 6.61 Å². The molecule has 166 valence electrons. The lowest BCUT2D eigenvalue weighted by molar-refractivity contribution is -0.384. The number of nitro groups is 1. The van der Waals surface area contributed by atoms with Crippen LogP contribution in [0.3, 0.4) is 0 Å². The number of carbonyl (C=O) groups is 2. The smallest absolute Gasteiger partial charge is 0.321 e. The molecular formula is C19H22N4O7S. The minimum atomic E-state index is -4.22. The summed E-state index contributed by atoms with van der Waals surface area (Å²) < 4.78 is 31.4. The van der Waals surface area contributed by atoms with Crippen LogP contribution in [0, 0.1) is 24.0 Å². The first kappa shape index (κ1) is 23.8. The van der Waals surface area contributed by atoms with Crippen LogP contribution in [0.2, 0.25) is 0 Å². The lowest BCUT2D eigenvalue weighted by atomic mass is 10.1. The second kappa shape index (κ2) is 10.00. The number of ether oxygens (including phenoxy) is 1. The summed E-state index contributed by atoms with van der Waals surface area (Å²) in [4.78, 5) is 33.7. The Kier molecular flexibility index (Phi) is 7.67. The van der Waals surface area contributed by atoms with Crippen molar-refractivity contribution < 1.29 is 27.7 Å². The molecule has 0 bridgehead atoms. The average Bonchev–Trinajstić information content (AvgIpc) is 2.72. The van der Waals surface area contributed by atoms with Crippen molar-refractivity contribution in [2.45, 2.75) is 18.7 Å². The van der Waals surface area contributed by atoms with Gasteiger partial charge in [0.1, 0.15) is 12.2 Å². The maximum absolute atomic E-state index is 12.3. The fraction of sp³-hybridized carbons (Fsp3) is 0.263. The van der Waals surface area contributed by atoms with E-state index in [1.807, 2.05) is 24.6 Å². The molecule has 0 saturated heterocycles. The van der Waals surface area contributed by atoms with Gasteiger partial charge in [-0.15, -0.1) is 0 Å². The molecule has 0 spiro atoms.